The molecule has 7 heteroatoms. The first-order chi connectivity index (χ1) is 12.2. The van der Waals surface area contributed by atoms with Gasteiger partial charge in [0, 0.05) is 16.7 Å². The molecule has 0 aliphatic rings. The highest BCUT2D eigenvalue weighted by molar-refractivity contribution is 7.99. The number of para-hydroxylation sites is 1. The van der Waals surface area contributed by atoms with Crippen molar-refractivity contribution in [3.8, 4) is 5.75 Å². The maximum absolute atomic E-state index is 13.5. The molecule has 0 unspecified atom stereocenters. The lowest BCUT2D eigenvalue weighted by atomic mass is 10.2. The Labute approximate surface area is 147 Å². The molecule has 4 aromatic rings. The minimum Gasteiger partial charge on any atom is -0.490 e. The molecule has 0 atom stereocenters. The van der Waals surface area contributed by atoms with Crippen LogP contribution in [0.25, 0.3) is 22.1 Å². The maximum atomic E-state index is 13.5. The lowest BCUT2D eigenvalue weighted by Gasteiger charge is -2.05. The average molecular weight is 354 g/mol. The van der Waals surface area contributed by atoms with Crippen LogP contribution >= 0.6 is 11.8 Å². The van der Waals surface area contributed by atoms with Crippen molar-refractivity contribution in [2.24, 2.45) is 0 Å². The smallest absolute Gasteiger partial charge is 0.211 e. The van der Waals surface area contributed by atoms with Crippen LogP contribution in [0.15, 0.2) is 47.6 Å². The van der Waals surface area contributed by atoms with Crippen molar-refractivity contribution in [2.75, 3.05) is 12.4 Å². The van der Waals surface area contributed by atoms with Crippen LogP contribution < -0.4 is 4.74 Å². The van der Waals surface area contributed by atoms with E-state index in [0.29, 0.717) is 23.2 Å². The molecule has 0 bridgehead atoms. The van der Waals surface area contributed by atoms with Gasteiger partial charge in [0.2, 0.25) is 5.16 Å². The number of hydrogen-bond acceptors (Lipinski definition) is 5. The molecule has 0 spiro atoms. The summed E-state index contributed by atoms with van der Waals surface area (Å²) in [6.07, 6.45) is 0. The molecule has 0 fully saturated rings. The van der Waals surface area contributed by atoms with Gasteiger partial charge in [0.1, 0.15) is 5.52 Å². The number of H-pyrrole nitrogens is 1. The fourth-order valence-corrected chi connectivity index (χ4v) is 3.19. The number of fused-ring (bicyclic) bond motifs is 3. The highest BCUT2D eigenvalue weighted by Gasteiger charge is 2.09. The molecule has 4 rings (SSSR count). The number of benzene rings is 2. The van der Waals surface area contributed by atoms with Crippen LogP contribution in [0.1, 0.15) is 5.56 Å². The van der Waals surface area contributed by atoms with E-state index in [1.54, 1.807) is 18.2 Å². The summed E-state index contributed by atoms with van der Waals surface area (Å²) in [5.74, 6) is 0.490. The molecule has 2 heterocycles. The van der Waals surface area contributed by atoms with Crippen molar-refractivity contribution < 1.29 is 9.13 Å². The number of rotatable bonds is 5. The van der Waals surface area contributed by atoms with Crippen molar-refractivity contribution in [1.82, 2.24) is 20.2 Å². The molecular formula is C18H15FN4OS. The zero-order valence-corrected chi connectivity index (χ0v) is 14.3. The first-order valence-corrected chi connectivity index (χ1v) is 8.82. The summed E-state index contributed by atoms with van der Waals surface area (Å²) in [5.41, 5.74) is 3.66. The molecule has 25 heavy (non-hydrogen) atoms. The maximum Gasteiger partial charge on any atom is 0.211 e. The quantitative estimate of drug-likeness (QED) is 0.431. The van der Waals surface area contributed by atoms with Gasteiger partial charge in [-0.1, -0.05) is 36.0 Å². The number of aromatic nitrogens is 4. The Morgan fingerprint density at radius 1 is 1.16 bits per heavy atom. The van der Waals surface area contributed by atoms with Crippen LogP contribution in [-0.2, 0) is 0 Å². The standard InChI is InChI=1S/C18H15FN4OS/c1-11-6-7-12-14(10-11)20-17-16(12)22-23-18(21-17)25-9-8-24-15-5-3-2-4-13(15)19/h2-7,10H,8-9H2,1H3,(H,20,21,23). The summed E-state index contributed by atoms with van der Waals surface area (Å²) in [6.45, 7) is 2.40. The summed E-state index contributed by atoms with van der Waals surface area (Å²) in [4.78, 5) is 7.78. The van der Waals surface area contributed by atoms with E-state index < -0.39 is 0 Å². The number of aromatic amines is 1. The second-order valence-corrected chi connectivity index (χ2v) is 6.66. The summed E-state index contributed by atoms with van der Waals surface area (Å²) in [6, 6.07) is 12.5. The lowest BCUT2D eigenvalue weighted by molar-refractivity contribution is 0.325. The second-order valence-electron chi connectivity index (χ2n) is 5.59. The van der Waals surface area contributed by atoms with E-state index in [1.807, 2.05) is 19.1 Å². The summed E-state index contributed by atoms with van der Waals surface area (Å²) in [7, 11) is 0. The normalized spacial score (nSPS) is 11.3. The Kier molecular flexibility index (Phi) is 4.23. The van der Waals surface area contributed by atoms with Gasteiger partial charge in [-0.05, 0) is 30.7 Å². The third kappa shape index (κ3) is 3.28. The average Bonchev–Trinajstić information content (AvgIpc) is 2.96. The minimum absolute atomic E-state index is 0.253. The van der Waals surface area contributed by atoms with E-state index in [1.165, 1.54) is 23.4 Å². The third-order valence-electron chi connectivity index (χ3n) is 3.76. The number of nitrogens with one attached hydrogen (secondary N) is 1. The number of halogens is 1. The number of aryl methyl sites for hydroxylation is 1. The van der Waals surface area contributed by atoms with E-state index in [0.717, 1.165) is 16.4 Å². The van der Waals surface area contributed by atoms with Gasteiger partial charge in [-0.3, -0.25) is 0 Å². The minimum atomic E-state index is -0.361. The van der Waals surface area contributed by atoms with Crippen LogP contribution in [-0.4, -0.2) is 32.5 Å². The summed E-state index contributed by atoms with van der Waals surface area (Å²) in [5, 5.41) is 10.0. The van der Waals surface area contributed by atoms with Gasteiger partial charge in [-0.15, -0.1) is 10.2 Å². The largest absolute Gasteiger partial charge is 0.490 e. The van der Waals surface area contributed by atoms with Crippen LogP contribution in [0, 0.1) is 12.7 Å². The molecule has 5 nitrogen and oxygen atoms in total. The number of ether oxygens (including phenoxy) is 1. The fraction of sp³-hybridized carbons (Fsp3) is 0.167. The molecule has 0 amide bonds. The Balaban J connectivity index is 1.45. The summed E-state index contributed by atoms with van der Waals surface area (Å²) < 4.78 is 18.9. The first kappa shape index (κ1) is 15.8. The van der Waals surface area contributed by atoms with Gasteiger partial charge in [-0.25, -0.2) is 9.37 Å². The van der Waals surface area contributed by atoms with Crippen molar-refractivity contribution in [2.45, 2.75) is 12.1 Å². The molecule has 0 aliphatic heterocycles. The van der Waals surface area contributed by atoms with Gasteiger partial charge < -0.3 is 9.72 Å². The zero-order valence-electron chi connectivity index (χ0n) is 13.5. The van der Waals surface area contributed by atoms with Crippen molar-refractivity contribution >= 4 is 33.8 Å². The molecule has 0 aliphatic carbocycles. The van der Waals surface area contributed by atoms with E-state index in [2.05, 4.69) is 26.2 Å². The van der Waals surface area contributed by atoms with Gasteiger partial charge >= 0.3 is 0 Å². The van der Waals surface area contributed by atoms with E-state index in [4.69, 9.17) is 4.74 Å². The van der Waals surface area contributed by atoms with Crippen molar-refractivity contribution in [1.29, 1.82) is 0 Å². The number of thioether (sulfide) groups is 1. The molecule has 2 aromatic heterocycles. The molecular weight excluding hydrogens is 339 g/mol. The van der Waals surface area contributed by atoms with Crippen LogP contribution in [0.2, 0.25) is 0 Å². The number of hydrogen-bond donors (Lipinski definition) is 1. The van der Waals surface area contributed by atoms with Gasteiger partial charge in [-0.2, -0.15) is 0 Å². The van der Waals surface area contributed by atoms with Gasteiger partial charge in [0.15, 0.2) is 17.2 Å². The molecule has 0 saturated heterocycles. The fourth-order valence-electron chi connectivity index (χ4n) is 2.58. The Hall–Kier alpha value is -2.67. The predicted octanol–water partition coefficient (Wildman–Crippen LogP) is 4.12. The van der Waals surface area contributed by atoms with E-state index in [-0.39, 0.29) is 11.6 Å². The molecule has 0 saturated carbocycles. The van der Waals surface area contributed by atoms with Crippen molar-refractivity contribution in [3.63, 3.8) is 0 Å². The third-order valence-corrected chi connectivity index (χ3v) is 4.56. The Morgan fingerprint density at radius 3 is 2.92 bits per heavy atom. The molecule has 2 aromatic carbocycles. The first-order valence-electron chi connectivity index (χ1n) is 7.83. The van der Waals surface area contributed by atoms with Crippen LogP contribution in [0.5, 0.6) is 5.75 Å². The molecule has 1 N–H and O–H groups in total. The molecule has 126 valence electrons. The van der Waals surface area contributed by atoms with Gasteiger partial charge in [0.25, 0.3) is 0 Å². The highest BCUT2D eigenvalue weighted by atomic mass is 32.2. The SMILES string of the molecule is Cc1ccc2c(c1)[nH]c1nc(SCCOc3ccccc3F)nnc12. The topological polar surface area (TPSA) is 63.7 Å². The second kappa shape index (κ2) is 6.68. The van der Waals surface area contributed by atoms with E-state index in [9.17, 15) is 4.39 Å². The Bertz CT molecular complexity index is 1050. The highest BCUT2D eigenvalue weighted by Crippen LogP contribution is 2.24. The molecule has 0 radical (unpaired) electrons. The summed E-state index contributed by atoms with van der Waals surface area (Å²) >= 11 is 1.42. The van der Waals surface area contributed by atoms with Gasteiger partial charge in [0.05, 0.1) is 6.61 Å². The van der Waals surface area contributed by atoms with Crippen molar-refractivity contribution in [3.05, 3.63) is 53.8 Å². The lowest BCUT2D eigenvalue weighted by Crippen LogP contribution is -2.02. The monoisotopic (exact) mass is 354 g/mol. The van der Waals surface area contributed by atoms with Crippen LogP contribution in [0.3, 0.4) is 0 Å². The van der Waals surface area contributed by atoms with E-state index >= 15 is 0 Å². The zero-order chi connectivity index (χ0) is 17.2. The number of nitrogens with zero attached hydrogens (tertiary/aromatic N) is 3. The predicted molar refractivity (Wildman–Crippen MR) is 96.5 cm³/mol. The van der Waals surface area contributed by atoms with Crippen LogP contribution in [0.4, 0.5) is 4.39 Å². The Morgan fingerprint density at radius 2 is 2.04 bits per heavy atom.